The quantitative estimate of drug-likeness (QED) is 0.864. The summed E-state index contributed by atoms with van der Waals surface area (Å²) in [5, 5.41) is 11.8. The molecule has 0 heterocycles. The number of alkyl halides is 1. The molecule has 0 saturated heterocycles. The van der Waals surface area contributed by atoms with Crippen molar-refractivity contribution in [2.75, 3.05) is 5.32 Å². The molecule has 1 amide bonds. The van der Waals surface area contributed by atoms with Gasteiger partial charge >= 0.3 is 0 Å². The van der Waals surface area contributed by atoms with Gasteiger partial charge in [-0.15, -0.1) is 11.6 Å². The fourth-order valence-corrected chi connectivity index (χ4v) is 2.03. The minimum Gasteiger partial charge on any atom is -0.322 e. The highest BCUT2D eigenvalue weighted by Crippen LogP contribution is 2.20. The molecule has 2 aromatic rings. The number of hydrogen-bond donors (Lipinski definition) is 1. The van der Waals surface area contributed by atoms with Crippen molar-refractivity contribution >= 4 is 34.8 Å². The van der Waals surface area contributed by atoms with Crippen molar-refractivity contribution in [3.63, 3.8) is 0 Å². The summed E-state index contributed by atoms with van der Waals surface area (Å²) in [6, 6.07) is 13.7. The second-order valence-electron chi connectivity index (χ2n) is 4.09. The van der Waals surface area contributed by atoms with E-state index in [0.29, 0.717) is 27.7 Å². The minimum absolute atomic E-state index is 0.244. The minimum atomic E-state index is -0.244. The number of benzene rings is 2. The number of anilines is 1. The molecule has 0 saturated carbocycles. The third-order valence-corrected chi connectivity index (χ3v) is 3.34. The molecule has 5 heteroatoms. The lowest BCUT2D eigenvalue weighted by atomic mass is 10.1. The Balaban J connectivity index is 2.15. The van der Waals surface area contributed by atoms with Gasteiger partial charge < -0.3 is 5.32 Å². The Labute approximate surface area is 126 Å². The van der Waals surface area contributed by atoms with Crippen molar-refractivity contribution in [2.45, 2.75) is 5.88 Å². The van der Waals surface area contributed by atoms with Crippen molar-refractivity contribution < 1.29 is 4.79 Å². The highest BCUT2D eigenvalue weighted by atomic mass is 35.5. The molecule has 0 aliphatic carbocycles. The molecule has 0 aromatic heterocycles. The van der Waals surface area contributed by atoms with Gasteiger partial charge in [-0.05, 0) is 35.9 Å². The molecular formula is C15H10Cl2N2O. The fourth-order valence-electron chi connectivity index (χ4n) is 1.63. The molecule has 0 atom stereocenters. The lowest BCUT2D eigenvalue weighted by molar-refractivity contribution is 0.102. The molecule has 0 spiro atoms. The van der Waals surface area contributed by atoms with Crippen LogP contribution in [0.3, 0.4) is 0 Å². The van der Waals surface area contributed by atoms with Gasteiger partial charge in [0.1, 0.15) is 6.07 Å². The zero-order chi connectivity index (χ0) is 14.5. The Bertz CT molecular complexity index is 675. The van der Waals surface area contributed by atoms with Crippen LogP contribution >= 0.6 is 23.2 Å². The van der Waals surface area contributed by atoms with Crippen LogP contribution in [0, 0.1) is 11.3 Å². The maximum absolute atomic E-state index is 12.0. The molecule has 0 radical (unpaired) electrons. The van der Waals surface area contributed by atoms with Gasteiger partial charge in [0.15, 0.2) is 0 Å². The number of hydrogen-bond acceptors (Lipinski definition) is 2. The maximum Gasteiger partial charge on any atom is 0.255 e. The van der Waals surface area contributed by atoms with E-state index in [0.717, 1.165) is 5.56 Å². The summed E-state index contributed by atoms with van der Waals surface area (Å²) >= 11 is 11.6. The number of rotatable bonds is 3. The number of nitriles is 1. The van der Waals surface area contributed by atoms with Crippen molar-refractivity contribution in [3.05, 3.63) is 64.2 Å². The van der Waals surface area contributed by atoms with Gasteiger partial charge in [0.05, 0.1) is 10.6 Å². The first-order valence-corrected chi connectivity index (χ1v) is 6.71. The van der Waals surface area contributed by atoms with E-state index in [1.165, 1.54) is 0 Å². The van der Waals surface area contributed by atoms with Crippen LogP contribution in [0.5, 0.6) is 0 Å². The lowest BCUT2D eigenvalue weighted by Crippen LogP contribution is -2.11. The van der Waals surface area contributed by atoms with Gasteiger partial charge in [-0.25, -0.2) is 0 Å². The highest BCUT2D eigenvalue weighted by Gasteiger charge is 2.07. The molecular weight excluding hydrogens is 295 g/mol. The Morgan fingerprint density at radius 2 is 1.90 bits per heavy atom. The number of nitrogens with one attached hydrogen (secondary N) is 1. The molecule has 100 valence electrons. The van der Waals surface area contributed by atoms with Gasteiger partial charge in [-0.1, -0.05) is 23.7 Å². The van der Waals surface area contributed by atoms with Gasteiger partial charge in [-0.2, -0.15) is 5.26 Å². The smallest absolute Gasteiger partial charge is 0.255 e. The number of halogens is 2. The summed E-state index contributed by atoms with van der Waals surface area (Å²) in [6.45, 7) is 0. The first-order valence-electron chi connectivity index (χ1n) is 5.80. The van der Waals surface area contributed by atoms with Crippen molar-refractivity contribution in [1.29, 1.82) is 5.26 Å². The third-order valence-electron chi connectivity index (χ3n) is 2.72. The molecule has 3 nitrogen and oxygen atoms in total. The van der Waals surface area contributed by atoms with Gasteiger partial charge in [0.2, 0.25) is 0 Å². The normalized spacial score (nSPS) is 9.85. The molecule has 0 aliphatic rings. The first kappa shape index (κ1) is 14.4. The average Bonchev–Trinajstić information content (AvgIpc) is 2.47. The van der Waals surface area contributed by atoms with E-state index in [9.17, 15) is 4.79 Å². The zero-order valence-corrected chi connectivity index (χ0v) is 11.9. The molecule has 0 fully saturated rings. The van der Waals surface area contributed by atoms with Crippen LogP contribution in [0.4, 0.5) is 5.69 Å². The summed E-state index contributed by atoms with van der Waals surface area (Å²) in [4.78, 5) is 12.0. The Kier molecular flexibility index (Phi) is 4.62. The maximum atomic E-state index is 12.0. The van der Waals surface area contributed by atoms with Crippen LogP contribution in [-0.2, 0) is 5.88 Å². The summed E-state index contributed by atoms with van der Waals surface area (Å²) < 4.78 is 0. The number of carbonyl (C=O) groups excluding carboxylic acids is 1. The molecule has 2 aromatic carbocycles. The average molecular weight is 305 g/mol. The van der Waals surface area contributed by atoms with E-state index < -0.39 is 0 Å². The van der Waals surface area contributed by atoms with Gasteiger partial charge in [-0.3, -0.25) is 4.79 Å². The summed E-state index contributed by atoms with van der Waals surface area (Å²) in [7, 11) is 0. The summed E-state index contributed by atoms with van der Waals surface area (Å²) in [5.74, 6) is 0.166. The summed E-state index contributed by atoms with van der Waals surface area (Å²) in [5.41, 5.74) is 2.39. The lowest BCUT2D eigenvalue weighted by Gasteiger charge is -2.06. The second-order valence-corrected chi connectivity index (χ2v) is 4.77. The van der Waals surface area contributed by atoms with Gasteiger partial charge in [0.25, 0.3) is 5.91 Å². The SMILES string of the molecule is N#Cc1ccc(NC(=O)c2ccc(CCl)cc2)cc1Cl. The highest BCUT2D eigenvalue weighted by molar-refractivity contribution is 6.32. The Morgan fingerprint density at radius 1 is 1.20 bits per heavy atom. The van der Waals surface area contributed by atoms with Crippen molar-refractivity contribution in [3.8, 4) is 6.07 Å². The monoisotopic (exact) mass is 304 g/mol. The Morgan fingerprint density at radius 3 is 2.45 bits per heavy atom. The second kappa shape index (κ2) is 6.42. The first-order chi connectivity index (χ1) is 9.63. The van der Waals surface area contributed by atoms with Gasteiger partial charge in [0, 0.05) is 17.1 Å². The topological polar surface area (TPSA) is 52.9 Å². The predicted octanol–water partition coefficient (Wildman–Crippen LogP) is 4.20. The van der Waals surface area contributed by atoms with Crippen LogP contribution < -0.4 is 5.32 Å². The molecule has 0 aliphatic heterocycles. The standard InChI is InChI=1S/C15H10Cl2N2O/c16-8-10-1-3-11(4-2-10)15(20)19-13-6-5-12(9-18)14(17)7-13/h1-7H,8H2,(H,19,20). The van der Waals surface area contributed by atoms with Crippen LogP contribution in [0.1, 0.15) is 21.5 Å². The van der Waals surface area contributed by atoms with E-state index in [1.54, 1.807) is 42.5 Å². The zero-order valence-electron chi connectivity index (χ0n) is 10.4. The predicted molar refractivity (Wildman–Crippen MR) is 80.1 cm³/mol. The fraction of sp³-hybridized carbons (Fsp3) is 0.0667. The van der Waals surface area contributed by atoms with Crippen LogP contribution in [-0.4, -0.2) is 5.91 Å². The number of carbonyl (C=O) groups is 1. The van der Waals surface area contributed by atoms with Crippen LogP contribution in [0.15, 0.2) is 42.5 Å². The third kappa shape index (κ3) is 3.30. The Hall–Kier alpha value is -2.02. The van der Waals surface area contributed by atoms with E-state index in [4.69, 9.17) is 28.5 Å². The van der Waals surface area contributed by atoms with E-state index in [2.05, 4.69) is 5.32 Å². The molecule has 0 bridgehead atoms. The summed E-state index contributed by atoms with van der Waals surface area (Å²) in [6.07, 6.45) is 0. The molecule has 2 rings (SSSR count). The van der Waals surface area contributed by atoms with Crippen LogP contribution in [0.25, 0.3) is 0 Å². The van der Waals surface area contributed by atoms with E-state index in [-0.39, 0.29) is 5.91 Å². The van der Waals surface area contributed by atoms with E-state index >= 15 is 0 Å². The van der Waals surface area contributed by atoms with Crippen molar-refractivity contribution in [1.82, 2.24) is 0 Å². The molecule has 0 unspecified atom stereocenters. The van der Waals surface area contributed by atoms with Crippen molar-refractivity contribution in [2.24, 2.45) is 0 Å². The number of nitrogens with zero attached hydrogens (tertiary/aromatic N) is 1. The molecule has 20 heavy (non-hydrogen) atoms. The largest absolute Gasteiger partial charge is 0.322 e. The number of amides is 1. The molecule has 1 N–H and O–H groups in total. The van der Waals surface area contributed by atoms with E-state index in [1.807, 2.05) is 6.07 Å². The van der Waals surface area contributed by atoms with Crippen LogP contribution in [0.2, 0.25) is 5.02 Å².